The first-order chi connectivity index (χ1) is 19.7. The number of hydrogen-bond donors (Lipinski definition) is 0. The van der Waals surface area contributed by atoms with Gasteiger partial charge in [-0.25, -0.2) is 0 Å². The van der Waals surface area contributed by atoms with Crippen molar-refractivity contribution in [3.05, 3.63) is 107 Å². The fourth-order valence-corrected chi connectivity index (χ4v) is 24.1. The van der Waals surface area contributed by atoms with Gasteiger partial charge in [-0.2, -0.15) is 0 Å². The molecule has 0 radical (unpaired) electrons. The molecule has 41 heavy (non-hydrogen) atoms. The number of halogens is 2. The summed E-state index contributed by atoms with van der Waals surface area (Å²) in [6.45, 7) is 11.5. The number of allylic oxidation sites excluding steroid dienone is 1. The van der Waals surface area contributed by atoms with Gasteiger partial charge in [-0.1, -0.05) is 0 Å². The average Bonchev–Trinajstić information content (AvgIpc) is 3.51. The Labute approximate surface area is 260 Å². The van der Waals surface area contributed by atoms with Crippen LogP contribution in [0.4, 0.5) is 0 Å². The SMILES string of the molecule is CCCc1ccc2c(c1-c1ccccc1C(C)C)C=C(CC(C)C)[CH]2[Zr]([Cl])([Cl])[c]1cccc2c1[SiH2]c1ccccc1-2. The third-order valence-corrected chi connectivity index (χ3v) is 23.3. The van der Waals surface area contributed by atoms with Crippen molar-refractivity contribution in [3.8, 4) is 22.3 Å². The van der Waals surface area contributed by atoms with Crippen LogP contribution in [0, 0.1) is 5.92 Å². The van der Waals surface area contributed by atoms with Gasteiger partial charge in [0.1, 0.15) is 0 Å². The van der Waals surface area contributed by atoms with Gasteiger partial charge in [-0.3, -0.25) is 0 Å². The van der Waals surface area contributed by atoms with E-state index >= 15 is 0 Å². The molecule has 1 aliphatic carbocycles. The standard InChI is InChI=1S/C25H31.C12H9Si.2ClH.Zr/c1-6-9-20-12-13-21-15-19(14-17(2)3)16-24(21)25(20)23-11-8-7-10-22(23)18(4)5;1-3-7-11-9(5-1)10-6-2-4-8-12(10)13-11;;;/h7-8,10-13,15-18H,6,9,14H2,1-5H3;1-7H,13H2;2*1H;/q;;;;+2/p-2. The second kappa shape index (κ2) is 11.8. The average molecular weight is 675 g/mol. The van der Waals surface area contributed by atoms with Gasteiger partial charge in [0.05, 0.1) is 0 Å². The Balaban J connectivity index is 1.56. The molecule has 6 rings (SSSR count). The minimum atomic E-state index is -4.00. The van der Waals surface area contributed by atoms with Crippen LogP contribution in [0.1, 0.15) is 79.3 Å². The third-order valence-electron chi connectivity index (χ3n) is 8.96. The van der Waals surface area contributed by atoms with Gasteiger partial charge in [-0.15, -0.1) is 0 Å². The molecule has 0 amide bonds. The van der Waals surface area contributed by atoms with Gasteiger partial charge < -0.3 is 0 Å². The number of benzene rings is 4. The van der Waals surface area contributed by atoms with Gasteiger partial charge in [0.25, 0.3) is 0 Å². The monoisotopic (exact) mass is 672 g/mol. The van der Waals surface area contributed by atoms with Crippen molar-refractivity contribution in [2.24, 2.45) is 5.92 Å². The Bertz CT molecular complexity index is 1650. The van der Waals surface area contributed by atoms with Crippen LogP contribution in [-0.4, -0.2) is 9.52 Å². The molecule has 0 saturated carbocycles. The van der Waals surface area contributed by atoms with E-state index in [9.17, 15) is 0 Å². The normalized spacial score (nSPS) is 16.3. The molecule has 1 heterocycles. The molecule has 1 unspecified atom stereocenters. The van der Waals surface area contributed by atoms with E-state index in [2.05, 4.69) is 120 Å². The van der Waals surface area contributed by atoms with Crippen LogP contribution in [-0.2, 0) is 24.3 Å². The molecule has 0 nitrogen and oxygen atoms in total. The van der Waals surface area contributed by atoms with E-state index < -0.39 is 27.4 Å². The number of fused-ring (bicyclic) bond motifs is 4. The second-order valence-electron chi connectivity index (χ2n) is 12.6. The van der Waals surface area contributed by atoms with E-state index in [4.69, 9.17) is 17.0 Å². The molecule has 0 spiro atoms. The predicted octanol–water partition coefficient (Wildman–Crippen LogP) is 8.80. The van der Waals surface area contributed by atoms with E-state index in [-0.39, 0.29) is 3.63 Å². The molecule has 4 heteroatoms. The number of rotatable bonds is 8. The maximum absolute atomic E-state index is 7.94. The molecule has 4 aromatic rings. The maximum atomic E-state index is 7.94. The van der Waals surface area contributed by atoms with Crippen molar-refractivity contribution in [1.29, 1.82) is 0 Å². The summed E-state index contributed by atoms with van der Waals surface area (Å²) in [5.74, 6) is 0.987. The first-order valence-electron chi connectivity index (χ1n) is 15.3. The zero-order valence-electron chi connectivity index (χ0n) is 24.9. The molecule has 210 valence electrons. The van der Waals surface area contributed by atoms with E-state index in [0.717, 1.165) is 19.3 Å². The first-order valence-corrected chi connectivity index (χ1v) is 25.7. The van der Waals surface area contributed by atoms with Crippen molar-refractivity contribution in [2.75, 3.05) is 0 Å². The van der Waals surface area contributed by atoms with Crippen LogP contribution < -0.4 is 13.6 Å². The van der Waals surface area contributed by atoms with Crippen LogP contribution in [0.3, 0.4) is 0 Å². The minimum absolute atomic E-state index is 0.120. The van der Waals surface area contributed by atoms with Gasteiger partial charge in [0.2, 0.25) is 0 Å². The number of aryl methyl sites for hydroxylation is 1. The van der Waals surface area contributed by atoms with Gasteiger partial charge in [0.15, 0.2) is 0 Å². The van der Waals surface area contributed by atoms with E-state index in [1.807, 2.05) is 0 Å². The molecule has 1 aliphatic heterocycles. The number of hydrogen-bond acceptors (Lipinski definition) is 0. The quantitative estimate of drug-likeness (QED) is 0.144. The van der Waals surface area contributed by atoms with Crippen molar-refractivity contribution in [1.82, 2.24) is 0 Å². The first kappa shape index (κ1) is 29.4. The van der Waals surface area contributed by atoms with Crippen molar-refractivity contribution >= 4 is 46.3 Å². The molecule has 0 bridgehead atoms. The zero-order valence-corrected chi connectivity index (χ0v) is 30.3. The molecular formula is C37H40Cl2SiZr. The summed E-state index contributed by atoms with van der Waals surface area (Å²) >= 11 is -4.00. The fourth-order valence-electron chi connectivity index (χ4n) is 7.28. The Morgan fingerprint density at radius 3 is 2.24 bits per heavy atom. The zero-order chi connectivity index (χ0) is 28.9. The molecule has 0 aromatic heterocycles. The Morgan fingerprint density at radius 2 is 1.51 bits per heavy atom. The summed E-state index contributed by atoms with van der Waals surface area (Å²) < 4.78 is 1.44. The van der Waals surface area contributed by atoms with Crippen LogP contribution in [0.5, 0.6) is 0 Å². The summed E-state index contributed by atoms with van der Waals surface area (Å²) in [6, 6.07) is 29.5. The molecular weight excluding hydrogens is 635 g/mol. The Hall–Kier alpha value is -1.70. The summed E-state index contributed by atoms with van der Waals surface area (Å²) in [4.78, 5) is 0. The molecule has 0 saturated heterocycles. The van der Waals surface area contributed by atoms with Gasteiger partial charge in [-0.05, 0) is 0 Å². The van der Waals surface area contributed by atoms with Crippen LogP contribution in [0.25, 0.3) is 28.3 Å². The van der Waals surface area contributed by atoms with Gasteiger partial charge >= 0.3 is 262 Å². The van der Waals surface area contributed by atoms with Crippen molar-refractivity contribution < 1.29 is 17.9 Å². The van der Waals surface area contributed by atoms with E-state index in [1.165, 1.54) is 63.7 Å². The third kappa shape index (κ3) is 5.22. The second-order valence-corrected chi connectivity index (χ2v) is 28.5. The molecule has 1 atom stereocenters. The molecule has 0 fully saturated rings. The predicted molar refractivity (Wildman–Crippen MR) is 181 cm³/mol. The van der Waals surface area contributed by atoms with Crippen LogP contribution >= 0.6 is 17.0 Å². The summed E-state index contributed by atoms with van der Waals surface area (Å²) in [7, 11) is 15.3. The summed E-state index contributed by atoms with van der Waals surface area (Å²) in [5, 5.41) is 3.02. The van der Waals surface area contributed by atoms with Crippen molar-refractivity contribution in [3.63, 3.8) is 0 Å². The topological polar surface area (TPSA) is 0 Å². The van der Waals surface area contributed by atoms with Gasteiger partial charge in [0, 0.05) is 0 Å². The summed E-state index contributed by atoms with van der Waals surface area (Å²) in [5.41, 5.74) is 12.6. The fraction of sp³-hybridized carbons (Fsp3) is 0.297. The Morgan fingerprint density at radius 1 is 0.805 bits per heavy atom. The van der Waals surface area contributed by atoms with Crippen molar-refractivity contribution in [2.45, 2.75) is 63.4 Å². The Kier molecular flexibility index (Phi) is 8.43. The molecule has 0 N–H and O–H groups in total. The van der Waals surface area contributed by atoms with Crippen LogP contribution in [0.15, 0.2) is 84.4 Å². The summed E-state index contributed by atoms with van der Waals surface area (Å²) in [6.07, 6.45) is 5.73. The van der Waals surface area contributed by atoms with Crippen LogP contribution in [0.2, 0.25) is 0 Å². The molecule has 4 aromatic carbocycles. The molecule has 2 aliphatic rings. The van der Waals surface area contributed by atoms with E-state index in [1.54, 1.807) is 0 Å². The van der Waals surface area contributed by atoms with E-state index in [0.29, 0.717) is 11.8 Å².